The molecule has 1 atom stereocenters. The molecule has 0 fully saturated rings. The molecular weight excluding hydrogens is 270 g/mol. The van der Waals surface area contributed by atoms with Crippen molar-refractivity contribution in [1.29, 1.82) is 0 Å². The number of hydrogen-bond donors (Lipinski definition) is 1. The minimum Gasteiger partial charge on any atom is -0.481 e. The number of rotatable bonds is 1. The highest BCUT2D eigenvalue weighted by Gasteiger charge is 2.28. The van der Waals surface area contributed by atoms with Crippen LogP contribution in [0.15, 0.2) is 28.7 Å². The van der Waals surface area contributed by atoms with E-state index in [2.05, 4.69) is 32.6 Å². The summed E-state index contributed by atoms with van der Waals surface area (Å²) in [6, 6.07) is 8.13. The molecular formula is C12H10BrNO2. The Morgan fingerprint density at radius 1 is 1.50 bits per heavy atom. The van der Waals surface area contributed by atoms with E-state index in [0.29, 0.717) is 13.0 Å². The Kier molecular flexibility index (Phi) is 2.07. The van der Waals surface area contributed by atoms with E-state index in [1.165, 1.54) is 5.39 Å². The quantitative estimate of drug-likeness (QED) is 0.872. The summed E-state index contributed by atoms with van der Waals surface area (Å²) in [6.45, 7) is 0.580. The van der Waals surface area contributed by atoms with Crippen molar-refractivity contribution in [3.05, 3.63) is 34.4 Å². The lowest BCUT2D eigenvalue weighted by molar-refractivity contribution is -0.141. The van der Waals surface area contributed by atoms with Gasteiger partial charge in [-0.3, -0.25) is 4.79 Å². The molecule has 1 unspecified atom stereocenters. The summed E-state index contributed by atoms with van der Waals surface area (Å²) in [7, 11) is 0. The number of halogens is 1. The Morgan fingerprint density at radius 2 is 2.31 bits per heavy atom. The topological polar surface area (TPSA) is 42.2 Å². The van der Waals surface area contributed by atoms with Gasteiger partial charge in [0.05, 0.1) is 11.4 Å². The zero-order valence-corrected chi connectivity index (χ0v) is 10.1. The van der Waals surface area contributed by atoms with Gasteiger partial charge in [-0.1, -0.05) is 12.1 Å². The Balaban J connectivity index is 2.17. The second kappa shape index (κ2) is 3.35. The zero-order chi connectivity index (χ0) is 11.3. The van der Waals surface area contributed by atoms with Crippen molar-refractivity contribution >= 4 is 32.8 Å². The van der Waals surface area contributed by atoms with Gasteiger partial charge in [0.25, 0.3) is 0 Å². The van der Waals surface area contributed by atoms with E-state index in [4.69, 9.17) is 5.11 Å². The fourth-order valence-corrected chi connectivity index (χ4v) is 3.01. The van der Waals surface area contributed by atoms with Gasteiger partial charge in [0, 0.05) is 28.5 Å². The highest BCUT2D eigenvalue weighted by atomic mass is 79.9. The van der Waals surface area contributed by atoms with Crippen LogP contribution < -0.4 is 0 Å². The lowest BCUT2D eigenvalue weighted by atomic mass is 10.1. The predicted molar refractivity (Wildman–Crippen MR) is 64.5 cm³/mol. The van der Waals surface area contributed by atoms with E-state index in [-0.39, 0.29) is 5.92 Å². The molecule has 0 bridgehead atoms. The molecule has 1 aliphatic rings. The summed E-state index contributed by atoms with van der Waals surface area (Å²) in [5, 5.41) is 10.2. The van der Waals surface area contributed by atoms with Gasteiger partial charge in [-0.05, 0) is 28.1 Å². The summed E-state index contributed by atoms with van der Waals surface area (Å²) in [6.07, 6.45) is 0.635. The maximum absolute atomic E-state index is 11.0. The second-order valence-corrected chi connectivity index (χ2v) is 5.02. The van der Waals surface area contributed by atoms with Crippen LogP contribution >= 0.6 is 15.9 Å². The average molecular weight is 280 g/mol. The molecule has 2 heterocycles. The molecule has 0 radical (unpaired) electrons. The largest absolute Gasteiger partial charge is 0.481 e. The van der Waals surface area contributed by atoms with Crippen LogP contribution in [0, 0.1) is 5.92 Å². The third-order valence-electron chi connectivity index (χ3n) is 3.16. The van der Waals surface area contributed by atoms with Crippen LogP contribution in [0.25, 0.3) is 10.9 Å². The Bertz CT molecular complexity index is 588. The number of aliphatic carboxylic acids is 1. The predicted octanol–water partition coefficient (Wildman–Crippen LogP) is 2.66. The number of para-hydroxylation sites is 1. The summed E-state index contributed by atoms with van der Waals surface area (Å²) in [5.74, 6) is -0.976. The number of aromatic nitrogens is 1. The first-order valence-electron chi connectivity index (χ1n) is 5.16. The number of benzene rings is 1. The monoisotopic (exact) mass is 279 g/mol. The normalized spacial score (nSPS) is 18.9. The van der Waals surface area contributed by atoms with Crippen molar-refractivity contribution in [2.75, 3.05) is 0 Å². The molecule has 0 aliphatic carbocycles. The van der Waals surface area contributed by atoms with E-state index < -0.39 is 5.97 Å². The SMILES string of the molecule is O=C(O)C1Cc2cc3cccc(Br)c3n2C1. The summed E-state index contributed by atoms with van der Waals surface area (Å²) < 4.78 is 3.14. The molecule has 2 aromatic rings. The number of carboxylic acid groups (broad SMARTS) is 1. The molecule has 0 amide bonds. The second-order valence-electron chi connectivity index (χ2n) is 4.16. The van der Waals surface area contributed by atoms with Crippen molar-refractivity contribution in [2.24, 2.45) is 5.92 Å². The van der Waals surface area contributed by atoms with Gasteiger partial charge in [0.1, 0.15) is 0 Å². The highest BCUT2D eigenvalue weighted by Crippen LogP contribution is 2.33. The molecule has 1 aliphatic heterocycles. The van der Waals surface area contributed by atoms with Gasteiger partial charge >= 0.3 is 5.97 Å². The van der Waals surface area contributed by atoms with E-state index in [0.717, 1.165) is 15.7 Å². The molecule has 0 saturated heterocycles. The molecule has 82 valence electrons. The van der Waals surface area contributed by atoms with Crippen LogP contribution in [-0.2, 0) is 17.8 Å². The molecule has 3 rings (SSSR count). The summed E-state index contributed by atoms with van der Waals surface area (Å²) >= 11 is 3.52. The molecule has 0 saturated carbocycles. The lowest BCUT2D eigenvalue weighted by Crippen LogP contribution is -2.14. The molecule has 0 spiro atoms. The minimum atomic E-state index is -0.705. The van der Waals surface area contributed by atoms with E-state index in [1.54, 1.807) is 0 Å². The first-order chi connectivity index (χ1) is 7.66. The fourth-order valence-electron chi connectivity index (χ4n) is 2.41. The first-order valence-corrected chi connectivity index (χ1v) is 5.95. The van der Waals surface area contributed by atoms with Crippen LogP contribution in [0.3, 0.4) is 0 Å². The van der Waals surface area contributed by atoms with E-state index in [1.807, 2.05) is 12.1 Å². The lowest BCUT2D eigenvalue weighted by Gasteiger charge is -2.05. The molecule has 4 heteroatoms. The van der Waals surface area contributed by atoms with Gasteiger partial charge < -0.3 is 9.67 Å². The van der Waals surface area contributed by atoms with Gasteiger partial charge in [0.2, 0.25) is 0 Å². The average Bonchev–Trinajstić information content (AvgIpc) is 2.73. The van der Waals surface area contributed by atoms with E-state index in [9.17, 15) is 4.79 Å². The molecule has 1 N–H and O–H groups in total. The van der Waals surface area contributed by atoms with Crippen molar-refractivity contribution in [2.45, 2.75) is 13.0 Å². The minimum absolute atomic E-state index is 0.272. The number of carboxylic acids is 1. The van der Waals surface area contributed by atoms with Gasteiger partial charge in [0.15, 0.2) is 0 Å². The first kappa shape index (κ1) is 9.90. The summed E-state index contributed by atoms with van der Waals surface area (Å²) in [4.78, 5) is 11.0. The number of fused-ring (bicyclic) bond motifs is 3. The van der Waals surface area contributed by atoms with Gasteiger partial charge in [-0.15, -0.1) is 0 Å². The third-order valence-corrected chi connectivity index (χ3v) is 3.80. The Hall–Kier alpha value is -1.29. The Morgan fingerprint density at radius 3 is 3.06 bits per heavy atom. The molecule has 1 aromatic carbocycles. The molecule has 1 aromatic heterocycles. The van der Waals surface area contributed by atoms with Crippen molar-refractivity contribution in [3.63, 3.8) is 0 Å². The zero-order valence-electron chi connectivity index (χ0n) is 8.48. The van der Waals surface area contributed by atoms with Gasteiger partial charge in [-0.2, -0.15) is 0 Å². The van der Waals surface area contributed by atoms with Crippen LogP contribution in [0.4, 0.5) is 0 Å². The number of carbonyl (C=O) groups is 1. The maximum Gasteiger partial charge on any atom is 0.308 e. The fraction of sp³-hybridized carbons (Fsp3) is 0.250. The standard InChI is InChI=1S/C12H10BrNO2/c13-10-3-1-2-7-4-9-5-8(12(15)16)6-14(9)11(7)10/h1-4,8H,5-6H2,(H,15,16). The Labute approximate surface area is 101 Å². The van der Waals surface area contributed by atoms with Crippen molar-refractivity contribution in [3.8, 4) is 0 Å². The molecule has 16 heavy (non-hydrogen) atoms. The number of nitrogens with zero attached hydrogens (tertiary/aromatic N) is 1. The summed E-state index contributed by atoms with van der Waals surface area (Å²) in [5.41, 5.74) is 2.23. The van der Waals surface area contributed by atoms with Crippen LogP contribution in [0.5, 0.6) is 0 Å². The third kappa shape index (κ3) is 1.29. The van der Waals surface area contributed by atoms with Crippen molar-refractivity contribution < 1.29 is 9.90 Å². The van der Waals surface area contributed by atoms with Crippen molar-refractivity contribution in [1.82, 2.24) is 4.57 Å². The maximum atomic E-state index is 11.0. The van der Waals surface area contributed by atoms with Crippen LogP contribution in [-0.4, -0.2) is 15.6 Å². The van der Waals surface area contributed by atoms with Crippen LogP contribution in [0.1, 0.15) is 5.69 Å². The highest BCUT2D eigenvalue weighted by molar-refractivity contribution is 9.10. The van der Waals surface area contributed by atoms with Crippen LogP contribution in [0.2, 0.25) is 0 Å². The molecule has 3 nitrogen and oxygen atoms in total. The van der Waals surface area contributed by atoms with Gasteiger partial charge in [-0.25, -0.2) is 0 Å². The van der Waals surface area contributed by atoms with E-state index >= 15 is 0 Å². The number of hydrogen-bond acceptors (Lipinski definition) is 1. The smallest absolute Gasteiger partial charge is 0.308 e.